The van der Waals surface area contributed by atoms with Gasteiger partial charge in [-0.3, -0.25) is 14.8 Å². The molecule has 0 aromatic heterocycles. The Balaban J connectivity index is 1.50. The van der Waals surface area contributed by atoms with Crippen LogP contribution in [0.25, 0.3) is 0 Å². The van der Waals surface area contributed by atoms with Crippen LogP contribution in [0.3, 0.4) is 0 Å². The Labute approximate surface area is 177 Å². The SMILES string of the molecule is CN=C(NCc1ccccc1CN1CCCCCC1)NC1CCN(CC(F)(F)F)C1. The van der Waals surface area contributed by atoms with Gasteiger partial charge in [0.1, 0.15) is 0 Å². The molecule has 0 radical (unpaired) electrons. The molecule has 0 saturated carbocycles. The van der Waals surface area contributed by atoms with Gasteiger partial charge in [-0.25, -0.2) is 0 Å². The lowest BCUT2D eigenvalue weighted by atomic mass is 10.1. The molecule has 1 unspecified atom stereocenters. The first-order chi connectivity index (χ1) is 14.4. The van der Waals surface area contributed by atoms with Gasteiger partial charge in [0.2, 0.25) is 0 Å². The van der Waals surface area contributed by atoms with Crippen LogP contribution in [0.2, 0.25) is 0 Å². The van der Waals surface area contributed by atoms with Gasteiger partial charge >= 0.3 is 6.18 Å². The standard InChI is InChI=1S/C22H34F3N5/c1-26-21(28-20-10-13-30(16-20)17-22(23,24)25)27-14-18-8-4-5-9-19(18)15-29-11-6-2-3-7-12-29/h4-5,8-9,20H,2-3,6-7,10-17H2,1H3,(H2,26,27,28). The second kappa shape index (κ2) is 11.0. The molecule has 0 amide bonds. The molecule has 2 fully saturated rings. The Morgan fingerprint density at radius 3 is 2.40 bits per heavy atom. The molecule has 168 valence electrons. The molecule has 0 aliphatic carbocycles. The Morgan fingerprint density at radius 2 is 1.73 bits per heavy atom. The maximum absolute atomic E-state index is 12.6. The number of halogens is 3. The molecule has 8 heteroatoms. The highest BCUT2D eigenvalue weighted by Crippen LogP contribution is 2.20. The normalized spacial score (nSPS) is 22.1. The Bertz CT molecular complexity index is 684. The third-order valence-electron chi connectivity index (χ3n) is 5.90. The lowest BCUT2D eigenvalue weighted by Gasteiger charge is -2.22. The van der Waals surface area contributed by atoms with Gasteiger partial charge in [0, 0.05) is 39.3 Å². The zero-order chi connectivity index (χ0) is 21.4. The molecule has 0 spiro atoms. The molecule has 1 aromatic rings. The Kier molecular flexibility index (Phi) is 8.39. The van der Waals surface area contributed by atoms with Crippen molar-refractivity contribution in [2.45, 2.75) is 57.4 Å². The molecule has 1 atom stereocenters. The number of benzene rings is 1. The van der Waals surface area contributed by atoms with E-state index >= 15 is 0 Å². The fraction of sp³-hybridized carbons (Fsp3) is 0.682. The predicted octanol–water partition coefficient (Wildman–Crippen LogP) is 3.36. The number of alkyl halides is 3. The Hall–Kier alpha value is -1.80. The molecule has 0 bridgehead atoms. The van der Waals surface area contributed by atoms with Gasteiger partial charge in [0.25, 0.3) is 0 Å². The average Bonchev–Trinajstić information content (AvgIpc) is 2.96. The molecule has 3 rings (SSSR count). The van der Waals surface area contributed by atoms with Crippen molar-refractivity contribution in [1.82, 2.24) is 20.4 Å². The summed E-state index contributed by atoms with van der Waals surface area (Å²) in [5, 5.41) is 6.63. The molecule has 2 aliphatic rings. The minimum absolute atomic E-state index is 0.0223. The first kappa shape index (κ1) is 22.9. The lowest BCUT2D eigenvalue weighted by Crippen LogP contribution is -2.45. The van der Waals surface area contributed by atoms with E-state index in [-0.39, 0.29) is 6.04 Å². The summed E-state index contributed by atoms with van der Waals surface area (Å²) in [6.07, 6.45) is 1.72. The van der Waals surface area contributed by atoms with Crippen molar-refractivity contribution in [3.8, 4) is 0 Å². The summed E-state index contributed by atoms with van der Waals surface area (Å²) in [6, 6.07) is 8.42. The maximum Gasteiger partial charge on any atom is 0.401 e. The van der Waals surface area contributed by atoms with Gasteiger partial charge in [-0.15, -0.1) is 0 Å². The first-order valence-electron chi connectivity index (χ1n) is 11.0. The zero-order valence-corrected chi connectivity index (χ0v) is 17.8. The largest absolute Gasteiger partial charge is 0.401 e. The number of nitrogens with one attached hydrogen (secondary N) is 2. The fourth-order valence-electron chi connectivity index (χ4n) is 4.33. The smallest absolute Gasteiger partial charge is 0.352 e. The summed E-state index contributed by atoms with van der Waals surface area (Å²) >= 11 is 0. The molecule has 2 saturated heterocycles. The highest BCUT2D eigenvalue weighted by Gasteiger charge is 2.34. The van der Waals surface area contributed by atoms with E-state index in [9.17, 15) is 13.2 Å². The number of hydrogen-bond acceptors (Lipinski definition) is 3. The summed E-state index contributed by atoms with van der Waals surface area (Å²) in [6.45, 7) is 3.89. The molecule has 2 aliphatic heterocycles. The minimum atomic E-state index is -4.15. The third kappa shape index (κ3) is 7.47. The van der Waals surface area contributed by atoms with Crippen molar-refractivity contribution in [3.05, 3.63) is 35.4 Å². The highest BCUT2D eigenvalue weighted by molar-refractivity contribution is 5.80. The van der Waals surface area contributed by atoms with Crippen LogP contribution in [0.5, 0.6) is 0 Å². The van der Waals surface area contributed by atoms with Crippen LogP contribution in [-0.2, 0) is 13.1 Å². The monoisotopic (exact) mass is 425 g/mol. The Morgan fingerprint density at radius 1 is 1.03 bits per heavy atom. The topological polar surface area (TPSA) is 42.9 Å². The summed E-state index contributed by atoms with van der Waals surface area (Å²) < 4.78 is 37.8. The third-order valence-corrected chi connectivity index (χ3v) is 5.90. The van der Waals surface area contributed by atoms with E-state index in [0.29, 0.717) is 32.0 Å². The van der Waals surface area contributed by atoms with Crippen molar-refractivity contribution >= 4 is 5.96 Å². The van der Waals surface area contributed by atoms with Crippen LogP contribution >= 0.6 is 0 Å². The molecular formula is C22H34F3N5. The van der Waals surface area contributed by atoms with Crippen molar-refractivity contribution in [1.29, 1.82) is 0 Å². The summed E-state index contributed by atoms with van der Waals surface area (Å²) in [5.74, 6) is 0.637. The van der Waals surface area contributed by atoms with Crippen molar-refractivity contribution in [2.24, 2.45) is 4.99 Å². The van der Waals surface area contributed by atoms with E-state index in [1.54, 1.807) is 7.05 Å². The van der Waals surface area contributed by atoms with Crippen LogP contribution in [0.4, 0.5) is 13.2 Å². The average molecular weight is 426 g/mol. The van der Waals surface area contributed by atoms with Crippen LogP contribution in [0.1, 0.15) is 43.2 Å². The van der Waals surface area contributed by atoms with Gasteiger partial charge in [-0.1, -0.05) is 37.1 Å². The first-order valence-corrected chi connectivity index (χ1v) is 11.0. The summed E-state index contributed by atoms with van der Waals surface area (Å²) in [4.78, 5) is 8.25. The minimum Gasteiger partial charge on any atom is -0.352 e. The second-order valence-corrected chi connectivity index (χ2v) is 8.37. The zero-order valence-electron chi connectivity index (χ0n) is 17.8. The van der Waals surface area contributed by atoms with Crippen LogP contribution in [-0.4, -0.2) is 67.7 Å². The van der Waals surface area contributed by atoms with Crippen molar-refractivity contribution in [2.75, 3.05) is 39.8 Å². The number of rotatable bonds is 6. The molecule has 2 heterocycles. The van der Waals surface area contributed by atoms with Crippen LogP contribution < -0.4 is 10.6 Å². The number of aliphatic imine (C=N–C) groups is 1. The molecular weight excluding hydrogens is 391 g/mol. The van der Waals surface area contributed by atoms with Crippen LogP contribution in [0, 0.1) is 0 Å². The number of nitrogens with zero attached hydrogens (tertiary/aromatic N) is 3. The van der Waals surface area contributed by atoms with Crippen molar-refractivity contribution in [3.63, 3.8) is 0 Å². The van der Waals surface area contributed by atoms with Gasteiger partial charge < -0.3 is 10.6 Å². The summed E-state index contributed by atoms with van der Waals surface area (Å²) in [5.41, 5.74) is 2.55. The quantitative estimate of drug-likeness (QED) is 0.542. The van der Waals surface area contributed by atoms with E-state index in [0.717, 1.165) is 19.6 Å². The highest BCUT2D eigenvalue weighted by atomic mass is 19.4. The van der Waals surface area contributed by atoms with Gasteiger partial charge in [-0.05, 0) is 43.5 Å². The fourth-order valence-corrected chi connectivity index (χ4v) is 4.33. The van der Waals surface area contributed by atoms with E-state index in [2.05, 4.69) is 38.7 Å². The molecule has 1 aromatic carbocycles. The van der Waals surface area contributed by atoms with Gasteiger partial charge in [-0.2, -0.15) is 13.2 Å². The van der Waals surface area contributed by atoms with Crippen molar-refractivity contribution < 1.29 is 13.2 Å². The van der Waals surface area contributed by atoms with Crippen LogP contribution in [0.15, 0.2) is 29.3 Å². The van der Waals surface area contributed by atoms with E-state index in [1.807, 2.05) is 6.07 Å². The number of hydrogen-bond donors (Lipinski definition) is 2. The number of likely N-dealkylation sites (tertiary alicyclic amines) is 2. The van der Waals surface area contributed by atoms with E-state index < -0.39 is 12.7 Å². The molecule has 5 nitrogen and oxygen atoms in total. The van der Waals surface area contributed by atoms with Gasteiger partial charge in [0.15, 0.2) is 5.96 Å². The second-order valence-electron chi connectivity index (χ2n) is 8.37. The van der Waals surface area contributed by atoms with E-state index in [1.165, 1.54) is 41.7 Å². The molecule has 30 heavy (non-hydrogen) atoms. The summed E-state index contributed by atoms with van der Waals surface area (Å²) in [7, 11) is 1.70. The van der Waals surface area contributed by atoms with E-state index in [4.69, 9.17) is 0 Å². The maximum atomic E-state index is 12.6. The number of guanidine groups is 1. The predicted molar refractivity (Wildman–Crippen MR) is 114 cm³/mol. The lowest BCUT2D eigenvalue weighted by molar-refractivity contribution is -0.143. The van der Waals surface area contributed by atoms with Gasteiger partial charge in [0.05, 0.1) is 6.54 Å². The molecule has 2 N–H and O–H groups in total.